The zero-order valence-electron chi connectivity index (χ0n) is 11.1. The van der Waals surface area contributed by atoms with Gasteiger partial charge in [0.1, 0.15) is 13.2 Å². The van der Waals surface area contributed by atoms with Crippen molar-refractivity contribution < 1.29 is 17.9 Å². The minimum absolute atomic E-state index is 0.0671. The number of hydrogen-bond donors (Lipinski definition) is 1. The summed E-state index contributed by atoms with van der Waals surface area (Å²) in [6, 6.07) is 5.66. The largest absolute Gasteiger partial charge is 0.486 e. The van der Waals surface area contributed by atoms with Gasteiger partial charge in [-0.25, -0.2) is 13.1 Å². The predicted molar refractivity (Wildman–Crippen MR) is 78.3 cm³/mol. The van der Waals surface area contributed by atoms with Crippen molar-refractivity contribution in [3.8, 4) is 11.5 Å². The Morgan fingerprint density at radius 2 is 1.95 bits per heavy atom. The molecule has 7 heteroatoms. The summed E-state index contributed by atoms with van der Waals surface area (Å²) in [6.07, 6.45) is 1.07. The molecule has 20 heavy (non-hydrogen) atoms. The standard InChI is InChI=1S/C13H18ClNO4S/c14-5-1-9-20(16,17)15-6-4-11-2-3-12-13(10-11)19-8-7-18-12/h2-3,10,15H,1,4-9H2. The van der Waals surface area contributed by atoms with Crippen molar-refractivity contribution >= 4 is 21.6 Å². The monoisotopic (exact) mass is 319 g/mol. The molecule has 1 N–H and O–H groups in total. The Labute approximate surface area is 124 Å². The maximum Gasteiger partial charge on any atom is 0.211 e. The molecule has 1 aliphatic heterocycles. The van der Waals surface area contributed by atoms with Gasteiger partial charge in [0.25, 0.3) is 0 Å². The summed E-state index contributed by atoms with van der Waals surface area (Å²) in [7, 11) is -3.22. The van der Waals surface area contributed by atoms with Gasteiger partial charge in [0.15, 0.2) is 11.5 Å². The van der Waals surface area contributed by atoms with Gasteiger partial charge in [0.05, 0.1) is 5.75 Å². The maximum absolute atomic E-state index is 11.6. The zero-order valence-corrected chi connectivity index (χ0v) is 12.7. The molecule has 0 atom stereocenters. The number of nitrogens with one attached hydrogen (secondary N) is 1. The van der Waals surface area contributed by atoms with Gasteiger partial charge in [-0.15, -0.1) is 11.6 Å². The first-order chi connectivity index (χ1) is 9.61. The van der Waals surface area contributed by atoms with E-state index in [9.17, 15) is 8.42 Å². The van der Waals surface area contributed by atoms with Crippen molar-refractivity contribution in [2.24, 2.45) is 0 Å². The average Bonchev–Trinajstić information content (AvgIpc) is 2.45. The minimum Gasteiger partial charge on any atom is -0.486 e. The first kappa shape index (κ1) is 15.4. The Morgan fingerprint density at radius 1 is 1.20 bits per heavy atom. The van der Waals surface area contributed by atoms with Crippen LogP contribution in [-0.4, -0.2) is 39.8 Å². The van der Waals surface area contributed by atoms with Gasteiger partial charge < -0.3 is 9.47 Å². The van der Waals surface area contributed by atoms with Crippen molar-refractivity contribution in [1.82, 2.24) is 4.72 Å². The molecule has 1 heterocycles. The molecule has 0 spiro atoms. The molecule has 2 rings (SSSR count). The molecule has 0 unspecified atom stereocenters. The van der Waals surface area contributed by atoms with E-state index >= 15 is 0 Å². The smallest absolute Gasteiger partial charge is 0.211 e. The number of rotatable bonds is 7. The fraction of sp³-hybridized carbons (Fsp3) is 0.538. The van der Waals surface area contributed by atoms with Crippen LogP contribution in [0.2, 0.25) is 0 Å². The van der Waals surface area contributed by atoms with Crippen LogP contribution >= 0.6 is 11.6 Å². The Kier molecular flexibility index (Phi) is 5.51. The lowest BCUT2D eigenvalue weighted by molar-refractivity contribution is 0.171. The SMILES string of the molecule is O=S(=O)(CCCCl)NCCc1ccc2c(c1)OCCO2. The molecule has 112 valence electrons. The Balaban J connectivity index is 1.85. The summed E-state index contributed by atoms with van der Waals surface area (Å²) in [5.41, 5.74) is 1.01. The summed E-state index contributed by atoms with van der Waals surface area (Å²) in [4.78, 5) is 0. The van der Waals surface area contributed by atoms with Gasteiger partial charge in [-0.1, -0.05) is 6.07 Å². The molecular weight excluding hydrogens is 302 g/mol. The molecule has 0 saturated carbocycles. The molecule has 0 saturated heterocycles. The van der Waals surface area contributed by atoms with E-state index in [-0.39, 0.29) is 5.75 Å². The van der Waals surface area contributed by atoms with Crippen LogP contribution in [0.15, 0.2) is 18.2 Å². The highest BCUT2D eigenvalue weighted by atomic mass is 35.5. The third-order valence-corrected chi connectivity index (χ3v) is 4.63. The van der Waals surface area contributed by atoms with E-state index in [1.165, 1.54) is 0 Å². The number of hydrogen-bond acceptors (Lipinski definition) is 4. The Morgan fingerprint density at radius 3 is 2.70 bits per heavy atom. The van der Waals surface area contributed by atoms with Crippen molar-refractivity contribution in [2.75, 3.05) is 31.4 Å². The second-order valence-corrected chi connectivity index (χ2v) is 6.79. The van der Waals surface area contributed by atoms with Crippen LogP contribution in [0, 0.1) is 0 Å². The highest BCUT2D eigenvalue weighted by Crippen LogP contribution is 2.30. The second-order valence-electron chi connectivity index (χ2n) is 4.48. The fourth-order valence-electron chi connectivity index (χ4n) is 1.91. The van der Waals surface area contributed by atoms with E-state index in [0.717, 1.165) is 17.1 Å². The number of benzene rings is 1. The summed E-state index contributed by atoms with van der Waals surface area (Å²) in [5, 5.41) is 0. The molecular formula is C13H18ClNO4S. The predicted octanol–water partition coefficient (Wildman–Crippen LogP) is 1.55. The summed E-state index contributed by atoms with van der Waals surface area (Å²) in [5.74, 6) is 1.88. The quantitative estimate of drug-likeness (QED) is 0.774. The highest BCUT2D eigenvalue weighted by molar-refractivity contribution is 7.89. The third-order valence-electron chi connectivity index (χ3n) is 2.89. The molecule has 1 aromatic carbocycles. The van der Waals surface area contributed by atoms with Crippen LogP contribution in [0.3, 0.4) is 0 Å². The van der Waals surface area contributed by atoms with Gasteiger partial charge >= 0.3 is 0 Å². The Bertz CT molecular complexity index is 547. The molecule has 0 fully saturated rings. The third kappa shape index (κ3) is 4.54. The van der Waals surface area contributed by atoms with Crippen LogP contribution in [0.5, 0.6) is 11.5 Å². The zero-order chi connectivity index (χ0) is 14.4. The van der Waals surface area contributed by atoms with Crippen LogP contribution in [0.1, 0.15) is 12.0 Å². The van der Waals surface area contributed by atoms with Crippen molar-refractivity contribution in [2.45, 2.75) is 12.8 Å². The van der Waals surface area contributed by atoms with Gasteiger partial charge in [-0.05, 0) is 30.5 Å². The minimum atomic E-state index is -3.22. The van der Waals surface area contributed by atoms with E-state index < -0.39 is 10.0 Å². The normalized spacial score (nSPS) is 14.2. The molecule has 0 aliphatic carbocycles. The summed E-state index contributed by atoms with van der Waals surface area (Å²) in [6.45, 7) is 1.47. The second kappa shape index (κ2) is 7.15. The molecule has 1 aromatic rings. The van der Waals surface area contributed by atoms with Gasteiger partial charge in [0, 0.05) is 12.4 Å². The maximum atomic E-state index is 11.6. The van der Waals surface area contributed by atoms with E-state index in [2.05, 4.69) is 4.72 Å². The van der Waals surface area contributed by atoms with Crippen LogP contribution in [-0.2, 0) is 16.4 Å². The fourth-order valence-corrected chi connectivity index (χ4v) is 3.28. The number of sulfonamides is 1. The van der Waals surface area contributed by atoms with E-state index in [0.29, 0.717) is 38.5 Å². The molecule has 0 bridgehead atoms. The first-order valence-electron chi connectivity index (χ1n) is 6.52. The lowest BCUT2D eigenvalue weighted by Crippen LogP contribution is -2.28. The van der Waals surface area contributed by atoms with Crippen LogP contribution in [0.25, 0.3) is 0 Å². The molecule has 1 aliphatic rings. The van der Waals surface area contributed by atoms with Crippen molar-refractivity contribution in [3.05, 3.63) is 23.8 Å². The van der Waals surface area contributed by atoms with E-state index in [4.69, 9.17) is 21.1 Å². The van der Waals surface area contributed by atoms with E-state index in [1.807, 2.05) is 18.2 Å². The van der Waals surface area contributed by atoms with Crippen molar-refractivity contribution in [1.29, 1.82) is 0 Å². The molecule has 0 radical (unpaired) electrons. The topological polar surface area (TPSA) is 64.6 Å². The number of ether oxygens (including phenoxy) is 2. The number of halogens is 1. The van der Waals surface area contributed by atoms with Gasteiger partial charge in [-0.2, -0.15) is 0 Å². The van der Waals surface area contributed by atoms with Gasteiger partial charge in [-0.3, -0.25) is 0 Å². The summed E-state index contributed by atoms with van der Waals surface area (Å²) < 4.78 is 36.7. The summed E-state index contributed by atoms with van der Waals surface area (Å²) >= 11 is 5.49. The van der Waals surface area contributed by atoms with Gasteiger partial charge in [0.2, 0.25) is 10.0 Å². The number of fused-ring (bicyclic) bond motifs is 1. The first-order valence-corrected chi connectivity index (χ1v) is 8.71. The Hall–Kier alpha value is -0.980. The van der Waals surface area contributed by atoms with Crippen LogP contribution in [0.4, 0.5) is 0 Å². The molecule has 0 amide bonds. The van der Waals surface area contributed by atoms with Crippen LogP contribution < -0.4 is 14.2 Å². The highest BCUT2D eigenvalue weighted by Gasteiger charge is 2.12. The van der Waals surface area contributed by atoms with E-state index in [1.54, 1.807) is 0 Å². The van der Waals surface area contributed by atoms with Crippen molar-refractivity contribution in [3.63, 3.8) is 0 Å². The number of alkyl halides is 1. The molecule has 5 nitrogen and oxygen atoms in total. The molecule has 0 aromatic heterocycles. The average molecular weight is 320 g/mol. The lowest BCUT2D eigenvalue weighted by Gasteiger charge is -2.18. The lowest BCUT2D eigenvalue weighted by atomic mass is 10.1.